The number of aromatic nitrogens is 2. The molecular weight excluding hydrogens is 400 g/mol. The Morgan fingerprint density at radius 3 is 2.53 bits per heavy atom. The first-order chi connectivity index (χ1) is 14.5. The Morgan fingerprint density at radius 2 is 1.80 bits per heavy atom. The van der Waals surface area contributed by atoms with Crippen LogP contribution in [0.1, 0.15) is 16.3 Å². The SMILES string of the molecule is COc1cccc(-c2c(C)sc3nc(Cc4ccc(OC)c(OC)c4)[nH]c(=O)c23)c1. The quantitative estimate of drug-likeness (QED) is 0.492. The van der Waals surface area contributed by atoms with Crippen molar-refractivity contribution < 1.29 is 14.2 Å². The number of rotatable bonds is 6. The zero-order valence-electron chi connectivity index (χ0n) is 17.2. The molecular formula is C23H22N2O4S. The summed E-state index contributed by atoms with van der Waals surface area (Å²) in [4.78, 5) is 22.5. The maximum absolute atomic E-state index is 13.0. The van der Waals surface area contributed by atoms with E-state index in [0.29, 0.717) is 29.1 Å². The average Bonchev–Trinajstić information content (AvgIpc) is 3.09. The molecule has 0 saturated heterocycles. The smallest absolute Gasteiger partial charge is 0.260 e. The molecule has 1 N–H and O–H groups in total. The minimum absolute atomic E-state index is 0.141. The van der Waals surface area contributed by atoms with Crippen LogP contribution in [0.3, 0.4) is 0 Å². The molecule has 2 heterocycles. The normalized spacial score (nSPS) is 10.9. The third-order valence-electron chi connectivity index (χ3n) is 4.97. The van der Waals surface area contributed by atoms with Gasteiger partial charge in [0.1, 0.15) is 16.4 Å². The largest absolute Gasteiger partial charge is 0.497 e. The molecule has 0 spiro atoms. The van der Waals surface area contributed by atoms with Gasteiger partial charge >= 0.3 is 0 Å². The molecule has 2 aromatic carbocycles. The Balaban J connectivity index is 1.76. The third-order valence-corrected chi connectivity index (χ3v) is 5.96. The minimum Gasteiger partial charge on any atom is -0.497 e. The van der Waals surface area contributed by atoms with Gasteiger partial charge in [-0.15, -0.1) is 11.3 Å². The first kappa shape index (κ1) is 20.0. The molecule has 0 unspecified atom stereocenters. The van der Waals surface area contributed by atoms with Crippen LogP contribution in [0.2, 0.25) is 0 Å². The van der Waals surface area contributed by atoms with E-state index < -0.39 is 0 Å². The number of ether oxygens (including phenoxy) is 3. The van der Waals surface area contributed by atoms with Gasteiger partial charge in [0.25, 0.3) is 5.56 Å². The molecule has 0 bridgehead atoms. The average molecular weight is 423 g/mol. The summed E-state index contributed by atoms with van der Waals surface area (Å²) in [6.45, 7) is 2.01. The maximum atomic E-state index is 13.0. The Kier molecular flexibility index (Phi) is 5.46. The van der Waals surface area contributed by atoms with Gasteiger partial charge in [0.2, 0.25) is 0 Å². The molecule has 0 aliphatic carbocycles. The monoisotopic (exact) mass is 422 g/mol. The van der Waals surface area contributed by atoms with Gasteiger partial charge in [0.15, 0.2) is 11.5 Å². The molecule has 0 atom stereocenters. The van der Waals surface area contributed by atoms with Gasteiger partial charge in [-0.05, 0) is 42.3 Å². The van der Waals surface area contributed by atoms with Crippen LogP contribution in [0.4, 0.5) is 0 Å². The molecule has 0 saturated carbocycles. The Labute approximate surface area is 178 Å². The van der Waals surface area contributed by atoms with Crippen LogP contribution in [0.25, 0.3) is 21.3 Å². The van der Waals surface area contributed by atoms with Gasteiger partial charge in [0.05, 0.1) is 26.7 Å². The topological polar surface area (TPSA) is 73.4 Å². The fraction of sp³-hybridized carbons (Fsp3) is 0.217. The fourth-order valence-electron chi connectivity index (χ4n) is 3.56. The molecule has 0 amide bonds. The van der Waals surface area contributed by atoms with E-state index in [2.05, 4.69) is 4.98 Å². The van der Waals surface area contributed by atoms with Crippen molar-refractivity contribution in [3.8, 4) is 28.4 Å². The second-order valence-corrected chi connectivity index (χ2v) is 8.03. The Morgan fingerprint density at radius 1 is 1.00 bits per heavy atom. The lowest BCUT2D eigenvalue weighted by atomic mass is 10.0. The predicted octanol–water partition coefficient (Wildman–Crippen LogP) is 4.58. The first-order valence-electron chi connectivity index (χ1n) is 9.41. The highest BCUT2D eigenvalue weighted by Gasteiger charge is 2.17. The highest BCUT2D eigenvalue weighted by atomic mass is 32.1. The number of hydrogen-bond donors (Lipinski definition) is 1. The lowest BCUT2D eigenvalue weighted by molar-refractivity contribution is 0.354. The predicted molar refractivity (Wildman–Crippen MR) is 119 cm³/mol. The fourth-order valence-corrected chi connectivity index (χ4v) is 4.62. The van der Waals surface area contributed by atoms with Gasteiger partial charge in [-0.25, -0.2) is 4.98 Å². The van der Waals surface area contributed by atoms with Gasteiger partial charge in [0, 0.05) is 16.9 Å². The number of hydrogen-bond acceptors (Lipinski definition) is 6. The molecule has 0 aliphatic heterocycles. The lowest BCUT2D eigenvalue weighted by Gasteiger charge is -2.09. The number of fused-ring (bicyclic) bond motifs is 1. The van der Waals surface area contributed by atoms with E-state index in [1.54, 1.807) is 21.3 Å². The van der Waals surface area contributed by atoms with E-state index in [1.165, 1.54) is 11.3 Å². The maximum Gasteiger partial charge on any atom is 0.260 e. The summed E-state index contributed by atoms with van der Waals surface area (Å²) in [5.41, 5.74) is 2.67. The second kappa shape index (κ2) is 8.20. The number of thiophene rings is 1. The zero-order chi connectivity index (χ0) is 21.3. The molecule has 30 heavy (non-hydrogen) atoms. The van der Waals surface area contributed by atoms with Gasteiger partial charge in [-0.2, -0.15) is 0 Å². The van der Waals surface area contributed by atoms with Crippen LogP contribution in [0.15, 0.2) is 47.3 Å². The first-order valence-corrected chi connectivity index (χ1v) is 10.2. The van der Waals surface area contributed by atoms with E-state index in [-0.39, 0.29) is 5.56 Å². The van der Waals surface area contributed by atoms with Crippen LogP contribution in [-0.2, 0) is 6.42 Å². The summed E-state index contributed by atoms with van der Waals surface area (Å²) in [7, 11) is 4.83. The van der Waals surface area contributed by atoms with Crippen LogP contribution in [0, 0.1) is 6.92 Å². The second-order valence-electron chi connectivity index (χ2n) is 6.82. The number of H-pyrrole nitrogens is 1. The summed E-state index contributed by atoms with van der Waals surface area (Å²) in [5.74, 6) is 2.67. The highest BCUT2D eigenvalue weighted by Crippen LogP contribution is 2.37. The molecule has 154 valence electrons. The van der Waals surface area contributed by atoms with Crippen molar-refractivity contribution in [1.29, 1.82) is 0 Å². The van der Waals surface area contributed by atoms with Crippen molar-refractivity contribution in [2.75, 3.05) is 21.3 Å². The molecule has 0 fully saturated rings. The van der Waals surface area contributed by atoms with E-state index >= 15 is 0 Å². The van der Waals surface area contributed by atoms with E-state index in [4.69, 9.17) is 19.2 Å². The number of aromatic amines is 1. The molecule has 6 nitrogen and oxygen atoms in total. The van der Waals surface area contributed by atoms with Gasteiger partial charge in [-0.1, -0.05) is 18.2 Å². The van der Waals surface area contributed by atoms with Crippen molar-refractivity contribution in [3.63, 3.8) is 0 Å². The van der Waals surface area contributed by atoms with Crippen molar-refractivity contribution in [3.05, 3.63) is 69.1 Å². The van der Waals surface area contributed by atoms with Crippen LogP contribution in [-0.4, -0.2) is 31.3 Å². The van der Waals surface area contributed by atoms with E-state index in [0.717, 1.165) is 32.1 Å². The van der Waals surface area contributed by atoms with E-state index in [9.17, 15) is 4.79 Å². The molecule has 4 aromatic rings. The van der Waals surface area contributed by atoms with E-state index in [1.807, 2.05) is 49.4 Å². The Hall–Kier alpha value is -3.32. The summed E-state index contributed by atoms with van der Waals surface area (Å²) in [5, 5.41) is 0.613. The lowest BCUT2D eigenvalue weighted by Crippen LogP contribution is -2.12. The van der Waals surface area contributed by atoms with Crippen molar-refractivity contribution >= 4 is 21.6 Å². The summed E-state index contributed by atoms with van der Waals surface area (Å²) in [6.07, 6.45) is 0.483. The number of nitrogens with zero attached hydrogens (tertiary/aromatic N) is 1. The van der Waals surface area contributed by atoms with Gasteiger partial charge in [-0.3, -0.25) is 4.79 Å². The number of aryl methyl sites for hydroxylation is 1. The highest BCUT2D eigenvalue weighted by molar-refractivity contribution is 7.19. The number of methoxy groups -OCH3 is 3. The van der Waals surface area contributed by atoms with Crippen LogP contribution >= 0.6 is 11.3 Å². The van der Waals surface area contributed by atoms with Crippen LogP contribution < -0.4 is 19.8 Å². The van der Waals surface area contributed by atoms with Gasteiger partial charge < -0.3 is 19.2 Å². The molecule has 0 radical (unpaired) electrons. The molecule has 2 aromatic heterocycles. The standard InChI is InChI=1S/C23H22N2O4S/c1-13-20(15-6-5-7-16(12-15)27-2)21-22(26)24-19(25-23(21)30-13)11-14-8-9-17(28-3)18(10-14)29-4/h5-10,12H,11H2,1-4H3,(H,24,25,26). The molecule has 0 aliphatic rings. The molecule has 7 heteroatoms. The summed E-state index contributed by atoms with van der Waals surface area (Å²) >= 11 is 1.52. The van der Waals surface area contributed by atoms with Crippen molar-refractivity contribution in [2.24, 2.45) is 0 Å². The minimum atomic E-state index is -0.141. The summed E-state index contributed by atoms with van der Waals surface area (Å²) < 4.78 is 16.0. The zero-order valence-corrected chi connectivity index (χ0v) is 18.1. The van der Waals surface area contributed by atoms with Crippen LogP contribution in [0.5, 0.6) is 17.2 Å². The third kappa shape index (κ3) is 3.64. The Bertz CT molecular complexity index is 1280. The summed E-state index contributed by atoms with van der Waals surface area (Å²) in [6, 6.07) is 13.4. The molecule has 4 rings (SSSR count). The number of benzene rings is 2. The van der Waals surface area contributed by atoms with Crippen molar-refractivity contribution in [2.45, 2.75) is 13.3 Å². The van der Waals surface area contributed by atoms with Crippen molar-refractivity contribution in [1.82, 2.24) is 9.97 Å². The number of nitrogens with one attached hydrogen (secondary N) is 1.